The predicted molar refractivity (Wildman–Crippen MR) is 127 cm³/mol. The molecule has 3 aromatic rings. The molecule has 9 nitrogen and oxygen atoms in total. The lowest BCUT2D eigenvalue weighted by Crippen LogP contribution is -2.36. The lowest BCUT2D eigenvalue weighted by Gasteiger charge is -2.16. The van der Waals surface area contributed by atoms with Gasteiger partial charge in [0.15, 0.2) is 5.82 Å². The Hall–Kier alpha value is -3.86. The number of halogens is 2. The molecule has 2 amide bonds. The molecule has 0 bridgehead atoms. The second kappa shape index (κ2) is 12.0. The number of amides is 2. The fraction of sp³-hybridized carbons (Fsp3) is 0.333. The molecule has 2 aromatic heterocycles. The summed E-state index contributed by atoms with van der Waals surface area (Å²) >= 11 is 0. The zero-order valence-corrected chi connectivity index (χ0v) is 19.5. The highest BCUT2D eigenvalue weighted by molar-refractivity contribution is 5.99. The van der Waals surface area contributed by atoms with E-state index in [2.05, 4.69) is 26.0 Å². The third kappa shape index (κ3) is 7.31. The number of aliphatic hydroxyl groups excluding tert-OH is 1. The first-order chi connectivity index (χ1) is 16.8. The van der Waals surface area contributed by atoms with Gasteiger partial charge in [0, 0.05) is 38.4 Å². The molecule has 0 aliphatic carbocycles. The minimum absolute atomic E-state index is 0.0148. The van der Waals surface area contributed by atoms with Crippen molar-refractivity contribution in [2.24, 2.45) is 13.0 Å². The first-order valence-corrected chi connectivity index (χ1v) is 11.1. The van der Waals surface area contributed by atoms with Crippen LogP contribution in [0.25, 0.3) is 11.3 Å². The number of aliphatic hydroxyl groups is 1. The maximum Gasteiger partial charge on any atom is 0.255 e. The normalized spacial score (nSPS) is 11.7. The average molecular weight is 487 g/mol. The Kier molecular flexibility index (Phi) is 8.85. The summed E-state index contributed by atoms with van der Waals surface area (Å²) in [5.41, 5.74) is 1.28. The van der Waals surface area contributed by atoms with Crippen LogP contribution in [-0.4, -0.2) is 57.9 Å². The molecular formula is C24H28F2N6O3. The molecule has 0 aliphatic heterocycles. The minimum atomic E-state index is -0.679. The Balaban J connectivity index is 1.76. The quantitative estimate of drug-likeness (QED) is 0.329. The van der Waals surface area contributed by atoms with E-state index < -0.39 is 24.2 Å². The van der Waals surface area contributed by atoms with E-state index in [1.807, 2.05) is 0 Å². The Labute approximate surface area is 201 Å². The number of aryl methyl sites for hydroxylation is 1. The van der Waals surface area contributed by atoms with Gasteiger partial charge in [-0.1, -0.05) is 19.1 Å². The van der Waals surface area contributed by atoms with Crippen LogP contribution in [0, 0.1) is 17.6 Å². The van der Waals surface area contributed by atoms with Crippen molar-refractivity contribution < 1.29 is 23.5 Å². The summed E-state index contributed by atoms with van der Waals surface area (Å²) in [5, 5.41) is 21.1. The van der Waals surface area contributed by atoms with Crippen LogP contribution < -0.4 is 16.0 Å². The van der Waals surface area contributed by atoms with Crippen molar-refractivity contribution >= 4 is 17.6 Å². The van der Waals surface area contributed by atoms with Crippen molar-refractivity contribution in [3.05, 3.63) is 65.5 Å². The van der Waals surface area contributed by atoms with E-state index in [-0.39, 0.29) is 41.9 Å². The van der Waals surface area contributed by atoms with Crippen molar-refractivity contribution in [1.29, 1.82) is 0 Å². The van der Waals surface area contributed by atoms with Crippen LogP contribution >= 0.6 is 0 Å². The van der Waals surface area contributed by atoms with Gasteiger partial charge < -0.3 is 21.1 Å². The van der Waals surface area contributed by atoms with Crippen molar-refractivity contribution in [3.8, 4) is 11.3 Å². The Morgan fingerprint density at radius 2 is 1.94 bits per heavy atom. The summed E-state index contributed by atoms with van der Waals surface area (Å²) in [6.45, 7) is 1.99. The van der Waals surface area contributed by atoms with Crippen molar-refractivity contribution in [3.63, 3.8) is 0 Å². The van der Waals surface area contributed by atoms with E-state index in [4.69, 9.17) is 5.11 Å². The van der Waals surface area contributed by atoms with E-state index in [1.54, 1.807) is 32.3 Å². The van der Waals surface area contributed by atoms with E-state index in [9.17, 15) is 18.4 Å². The highest BCUT2D eigenvalue weighted by Crippen LogP contribution is 2.25. The number of aromatic nitrogens is 3. The first-order valence-electron chi connectivity index (χ1n) is 11.1. The fourth-order valence-electron chi connectivity index (χ4n) is 3.34. The molecule has 1 atom stereocenters. The Morgan fingerprint density at radius 1 is 1.17 bits per heavy atom. The molecule has 0 radical (unpaired) electrons. The van der Waals surface area contributed by atoms with E-state index in [1.165, 1.54) is 23.0 Å². The van der Waals surface area contributed by atoms with Gasteiger partial charge in [-0.2, -0.15) is 5.10 Å². The summed E-state index contributed by atoms with van der Waals surface area (Å²) in [7, 11) is 1.70. The standard InChI is InChI=1S/C24H28F2N6O3/c1-15(10-28-21(34)14-33)11-29-24(35)19-9-20(26)22(17-12-30-32(2)13-17)31-23(19)27-7-6-16-4-3-5-18(25)8-16/h3-5,8-9,12-13,15,33H,6-7,10-11,14H2,1-2H3,(H,27,31)(H,28,34)(H,29,35)/t15-/m0/s1. The molecule has 11 heteroatoms. The second-order valence-corrected chi connectivity index (χ2v) is 8.20. The number of nitrogens with one attached hydrogen (secondary N) is 3. The number of hydrogen-bond acceptors (Lipinski definition) is 6. The molecule has 0 aliphatic rings. The molecule has 3 rings (SSSR count). The molecule has 2 heterocycles. The van der Waals surface area contributed by atoms with Crippen molar-refractivity contribution in [2.75, 3.05) is 31.6 Å². The van der Waals surface area contributed by atoms with Crippen LogP contribution in [0.5, 0.6) is 0 Å². The number of carbonyl (C=O) groups excluding carboxylic acids is 2. The van der Waals surface area contributed by atoms with E-state index >= 15 is 0 Å². The van der Waals surface area contributed by atoms with Crippen molar-refractivity contribution in [1.82, 2.24) is 25.4 Å². The van der Waals surface area contributed by atoms with Gasteiger partial charge in [0.2, 0.25) is 5.91 Å². The zero-order valence-electron chi connectivity index (χ0n) is 19.5. The lowest BCUT2D eigenvalue weighted by molar-refractivity contribution is -0.123. The highest BCUT2D eigenvalue weighted by atomic mass is 19.1. The van der Waals surface area contributed by atoms with E-state index in [0.29, 0.717) is 18.5 Å². The largest absolute Gasteiger partial charge is 0.387 e. The van der Waals surface area contributed by atoms with E-state index in [0.717, 1.165) is 11.6 Å². The average Bonchev–Trinajstić information content (AvgIpc) is 3.27. The van der Waals surface area contributed by atoms with Crippen LogP contribution in [0.4, 0.5) is 14.6 Å². The molecule has 0 saturated carbocycles. The van der Waals surface area contributed by atoms with Gasteiger partial charge in [-0.15, -0.1) is 0 Å². The van der Waals surface area contributed by atoms with Crippen LogP contribution in [-0.2, 0) is 18.3 Å². The first kappa shape index (κ1) is 25.8. The minimum Gasteiger partial charge on any atom is -0.387 e. The summed E-state index contributed by atoms with van der Waals surface area (Å²) < 4.78 is 29.9. The monoisotopic (exact) mass is 486 g/mol. The molecule has 186 valence electrons. The van der Waals surface area contributed by atoms with Crippen molar-refractivity contribution in [2.45, 2.75) is 13.3 Å². The van der Waals surface area contributed by atoms with Gasteiger partial charge in [-0.05, 0) is 36.1 Å². The maximum atomic E-state index is 14.9. The SMILES string of the molecule is C[C@@H](CNC(=O)CO)CNC(=O)c1cc(F)c(-c2cnn(C)c2)nc1NCCc1cccc(F)c1. The van der Waals surface area contributed by atoms with Gasteiger partial charge in [-0.25, -0.2) is 13.8 Å². The fourth-order valence-corrected chi connectivity index (χ4v) is 3.34. The smallest absolute Gasteiger partial charge is 0.255 e. The zero-order chi connectivity index (χ0) is 25.4. The second-order valence-electron chi connectivity index (χ2n) is 8.20. The molecule has 0 spiro atoms. The molecule has 0 saturated heterocycles. The number of benzene rings is 1. The summed E-state index contributed by atoms with van der Waals surface area (Å²) in [6.07, 6.45) is 3.55. The number of rotatable bonds is 11. The number of pyridine rings is 1. The van der Waals surface area contributed by atoms with Gasteiger partial charge >= 0.3 is 0 Å². The van der Waals surface area contributed by atoms with Crippen LogP contribution in [0.2, 0.25) is 0 Å². The summed E-state index contributed by atoms with van der Waals surface area (Å²) in [5.74, 6) is -2.02. The van der Waals surface area contributed by atoms with Gasteiger partial charge in [0.05, 0.1) is 11.8 Å². The van der Waals surface area contributed by atoms with Gasteiger partial charge in [0.1, 0.15) is 23.9 Å². The van der Waals surface area contributed by atoms with Crippen LogP contribution in [0.15, 0.2) is 42.7 Å². The predicted octanol–water partition coefficient (Wildman–Crippen LogP) is 1.89. The Morgan fingerprint density at radius 3 is 2.63 bits per heavy atom. The van der Waals surface area contributed by atoms with Crippen LogP contribution in [0.3, 0.4) is 0 Å². The third-order valence-corrected chi connectivity index (χ3v) is 5.20. The molecular weight excluding hydrogens is 458 g/mol. The van der Waals surface area contributed by atoms with Gasteiger partial charge in [0.25, 0.3) is 5.91 Å². The highest BCUT2D eigenvalue weighted by Gasteiger charge is 2.20. The molecule has 35 heavy (non-hydrogen) atoms. The number of hydrogen-bond donors (Lipinski definition) is 4. The number of anilines is 1. The van der Waals surface area contributed by atoms with Crippen LogP contribution in [0.1, 0.15) is 22.8 Å². The number of carbonyl (C=O) groups is 2. The summed E-state index contributed by atoms with van der Waals surface area (Å²) in [6, 6.07) is 7.30. The summed E-state index contributed by atoms with van der Waals surface area (Å²) in [4.78, 5) is 28.5. The molecule has 4 N–H and O–H groups in total. The molecule has 0 fully saturated rings. The lowest BCUT2D eigenvalue weighted by atomic mass is 10.1. The number of nitrogens with zero attached hydrogens (tertiary/aromatic N) is 3. The maximum absolute atomic E-state index is 14.9. The molecule has 1 aromatic carbocycles. The molecule has 0 unspecified atom stereocenters. The topological polar surface area (TPSA) is 121 Å². The van der Waals surface area contributed by atoms with Gasteiger partial charge in [-0.3, -0.25) is 14.3 Å². The third-order valence-electron chi connectivity index (χ3n) is 5.20. The Bertz CT molecular complexity index is 1180.